The lowest BCUT2D eigenvalue weighted by atomic mass is 10.0. The van der Waals surface area contributed by atoms with Crippen LogP contribution in [-0.4, -0.2) is 16.1 Å². The smallest absolute Gasteiger partial charge is 0.232 e. The van der Waals surface area contributed by atoms with Crippen molar-refractivity contribution in [3.8, 4) is 17.6 Å². The molecule has 1 unspecified atom stereocenters. The number of rotatable bonds is 5. The zero-order chi connectivity index (χ0) is 18.2. The van der Waals surface area contributed by atoms with Gasteiger partial charge in [-0.25, -0.2) is 0 Å². The fourth-order valence-electron chi connectivity index (χ4n) is 2.14. The van der Waals surface area contributed by atoms with E-state index in [2.05, 4.69) is 5.32 Å². The van der Waals surface area contributed by atoms with Gasteiger partial charge in [-0.3, -0.25) is 4.79 Å². The Balaban J connectivity index is 2.05. The number of phenols is 2. The summed E-state index contributed by atoms with van der Waals surface area (Å²) in [5.41, 5.74) is 1.63. The summed E-state index contributed by atoms with van der Waals surface area (Å²) in [4.78, 5) is 12.2. The van der Waals surface area contributed by atoms with Gasteiger partial charge < -0.3 is 15.5 Å². The van der Waals surface area contributed by atoms with Crippen molar-refractivity contribution in [3.63, 3.8) is 0 Å². The van der Waals surface area contributed by atoms with E-state index >= 15 is 0 Å². The van der Waals surface area contributed by atoms with E-state index in [-0.39, 0.29) is 29.0 Å². The van der Waals surface area contributed by atoms with Crippen molar-refractivity contribution in [1.82, 2.24) is 5.32 Å². The van der Waals surface area contributed by atoms with E-state index in [9.17, 15) is 15.0 Å². The minimum Gasteiger partial charge on any atom is -0.504 e. The minimum absolute atomic E-state index is 0.118. The number of hydrogen-bond donors (Lipinski definition) is 3. The monoisotopic (exact) mass is 334 g/mol. The van der Waals surface area contributed by atoms with Gasteiger partial charge in [-0.15, -0.1) is 0 Å². The van der Waals surface area contributed by atoms with E-state index < -0.39 is 0 Å². The Morgan fingerprint density at radius 3 is 2.52 bits per heavy atom. The van der Waals surface area contributed by atoms with Crippen LogP contribution in [0.25, 0.3) is 6.08 Å². The highest BCUT2D eigenvalue weighted by molar-refractivity contribution is 5.85. The third-order valence-corrected chi connectivity index (χ3v) is 3.62. The summed E-state index contributed by atoms with van der Waals surface area (Å²) < 4.78 is 0. The highest BCUT2D eigenvalue weighted by Crippen LogP contribution is 2.25. The van der Waals surface area contributed by atoms with Gasteiger partial charge in [0.15, 0.2) is 11.5 Å². The first-order valence-corrected chi connectivity index (χ1v) is 7.67. The zero-order valence-electron chi connectivity index (χ0n) is 13.7. The van der Waals surface area contributed by atoms with Crippen LogP contribution in [0.4, 0.5) is 0 Å². The van der Waals surface area contributed by atoms with Crippen molar-refractivity contribution in [1.29, 1.82) is 5.26 Å². The van der Waals surface area contributed by atoms with Gasteiger partial charge >= 0.3 is 0 Å². The molecule has 2 rings (SSSR count). The quantitative estimate of drug-likeness (QED) is 0.443. The van der Waals surface area contributed by atoms with Crippen molar-refractivity contribution in [2.75, 3.05) is 0 Å². The van der Waals surface area contributed by atoms with Crippen LogP contribution in [0.15, 0.2) is 66.4 Å². The number of amides is 1. The molecule has 2 aromatic carbocycles. The first-order valence-electron chi connectivity index (χ1n) is 7.67. The van der Waals surface area contributed by atoms with Crippen LogP contribution in [-0.2, 0) is 4.79 Å². The Hall–Kier alpha value is -3.52. The third kappa shape index (κ3) is 4.98. The second-order valence-corrected chi connectivity index (χ2v) is 5.42. The third-order valence-electron chi connectivity index (χ3n) is 3.62. The highest BCUT2D eigenvalue weighted by Gasteiger charge is 2.15. The molecule has 1 amide bonds. The number of hydrogen-bond acceptors (Lipinski definition) is 4. The molecule has 0 saturated carbocycles. The number of nitrogens with one attached hydrogen (secondary N) is 1. The molecule has 126 valence electrons. The Morgan fingerprint density at radius 2 is 1.88 bits per heavy atom. The van der Waals surface area contributed by atoms with Gasteiger partial charge in [0.2, 0.25) is 5.91 Å². The lowest BCUT2D eigenvalue weighted by Gasteiger charge is -2.11. The summed E-state index contributed by atoms with van der Waals surface area (Å²) in [6.07, 6.45) is 4.70. The van der Waals surface area contributed by atoms with E-state index in [0.717, 1.165) is 5.56 Å². The molecule has 5 nitrogen and oxygen atoms in total. The molecule has 2 aromatic rings. The van der Waals surface area contributed by atoms with Gasteiger partial charge in [0.1, 0.15) is 11.8 Å². The number of carbonyl (C=O) groups is 1. The molecule has 0 fully saturated rings. The molecule has 0 radical (unpaired) electrons. The highest BCUT2D eigenvalue weighted by atomic mass is 16.3. The van der Waals surface area contributed by atoms with Gasteiger partial charge in [0.05, 0.1) is 5.92 Å². The normalized spacial score (nSPS) is 12.6. The number of benzene rings is 2. The summed E-state index contributed by atoms with van der Waals surface area (Å²) in [5, 5.41) is 30.5. The molecule has 0 spiro atoms. The van der Waals surface area contributed by atoms with Crippen LogP contribution in [0.2, 0.25) is 0 Å². The minimum atomic E-state index is -0.379. The average molecular weight is 334 g/mol. The summed E-state index contributed by atoms with van der Waals surface area (Å²) in [5.74, 6) is -1.07. The number of nitrogens with zero attached hydrogens (tertiary/aromatic N) is 1. The van der Waals surface area contributed by atoms with Crippen LogP contribution in [0.5, 0.6) is 11.5 Å². The van der Waals surface area contributed by atoms with Gasteiger partial charge in [-0.2, -0.15) is 5.26 Å². The molecule has 25 heavy (non-hydrogen) atoms. The molecule has 0 aliphatic carbocycles. The number of nitriles is 1. The van der Waals surface area contributed by atoms with Gasteiger partial charge in [-0.05, 0) is 36.3 Å². The van der Waals surface area contributed by atoms with E-state index in [0.29, 0.717) is 5.56 Å². The standard InChI is InChI=1S/C20H18N2O3/c1-14(16-7-3-2-4-8-16)20(25)22-17(13-21)9-5-6-15-10-11-18(23)19(24)12-15/h2-12,14,23-24H,1H3,(H,22,25). The Labute approximate surface area is 146 Å². The second-order valence-electron chi connectivity index (χ2n) is 5.42. The molecular formula is C20H18N2O3. The summed E-state index contributed by atoms with van der Waals surface area (Å²) in [6, 6.07) is 15.6. The predicted octanol–water partition coefficient (Wildman–Crippen LogP) is 3.44. The largest absolute Gasteiger partial charge is 0.504 e. The fraction of sp³-hybridized carbons (Fsp3) is 0.100. The molecule has 5 heteroatoms. The molecule has 0 aliphatic rings. The first kappa shape index (κ1) is 17.8. The molecule has 0 aromatic heterocycles. The van der Waals surface area contributed by atoms with Crippen LogP contribution in [0.3, 0.4) is 0 Å². The number of carbonyl (C=O) groups excluding carboxylic acids is 1. The number of phenolic OH excluding ortho intramolecular Hbond substituents is 2. The van der Waals surface area contributed by atoms with E-state index in [1.54, 1.807) is 25.1 Å². The molecule has 1 atom stereocenters. The molecule has 0 saturated heterocycles. The molecule has 0 bridgehead atoms. The summed E-state index contributed by atoms with van der Waals surface area (Å²) in [6.45, 7) is 1.77. The van der Waals surface area contributed by atoms with Crippen molar-refractivity contribution in [2.45, 2.75) is 12.8 Å². The maximum atomic E-state index is 12.2. The molecule has 0 aliphatic heterocycles. The Morgan fingerprint density at radius 1 is 1.16 bits per heavy atom. The molecular weight excluding hydrogens is 316 g/mol. The van der Waals surface area contributed by atoms with E-state index in [1.165, 1.54) is 18.2 Å². The topological polar surface area (TPSA) is 93.4 Å². The predicted molar refractivity (Wildman–Crippen MR) is 95.5 cm³/mol. The summed E-state index contributed by atoms with van der Waals surface area (Å²) >= 11 is 0. The Kier molecular flexibility index (Phi) is 5.97. The van der Waals surface area contributed by atoms with E-state index in [1.807, 2.05) is 36.4 Å². The molecule has 3 N–H and O–H groups in total. The van der Waals surface area contributed by atoms with Crippen molar-refractivity contribution in [2.24, 2.45) is 0 Å². The Bertz CT molecular complexity index is 849. The first-order chi connectivity index (χ1) is 12.0. The lowest BCUT2D eigenvalue weighted by molar-refractivity contribution is -0.121. The van der Waals surface area contributed by atoms with Crippen LogP contribution in [0, 0.1) is 11.3 Å². The van der Waals surface area contributed by atoms with Crippen LogP contribution >= 0.6 is 0 Å². The van der Waals surface area contributed by atoms with Gasteiger partial charge in [0, 0.05) is 0 Å². The van der Waals surface area contributed by atoms with Crippen molar-refractivity contribution < 1.29 is 15.0 Å². The van der Waals surface area contributed by atoms with Gasteiger partial charge in [-0.1, -0.05) is 48.6 Å². The second kappa shape index (κ2) is 8.37. The van der Waals surface area contributed by atoms with Crippen molar-refractivity contribution in [3.05, 3.63) is 77.5 Å². The number of aromatic hydroxyl groups is 2. The maximum absolute atomic E-state index is 12.2. The number of allylic oxidation sites excluding steroid dienone is 3. The van der Waals surface area contributed by atoms with Crippen molar-refractivity contribution >= 4 is 12.0 Å². The lowest BCUT2D eigenvalue weighted by Crippen LogP contribution is -2.26. The fourth-order valence-corrected chi connectivity index (χ4v) is 2.14. The van der Waals surface area contributed by atoms with Crippen LogP contribution < -0.4 is 5.32 Å². The van der Waals surface area contributed by atoms with E-state index in [4.69, 9.17) is 5.26 Å². The molecule has 0 heterocycles. The van der Waals surface area contributed by atoms with Gasteiger partial charge in [0.25, 0.3) is 0 Å². The SMILES string of the molecule is CC(C(=O)NC(C#N)=CC=Cc1ccc(O)c(O)c1)c1ccccc1. The zero-order valence-corrected chi connectivity index (χ0v) is 13.7. The summed E-state index contributed by atoms with van der Waals surface area (Å²) in [7, 11) is 0. The maximum Gasteiger partial charge on any atom is 0.232 e. The average Bonchev–Trinajstić information content (AvgIpc) is 2.63. The van der Waals surface area contributed by atoms with Crippen LogP contribution in [0.1, 0.15) is 24.0 Å².